The lowest BCUT2D eigenvalue weighted by Gasteiger charge is -2.41. The van der Waals surface area contributed by atoms with Crippen molar-refractivity contribution in [3.05, 3.63) is 29.6 Å². The molecule has 0 aromatic heterocycles. The van der Waals surface area contributed by atoms with Gasteiger partial charge < -0.3 is 25.0 Å². The van der Waals surface area contributed by atoms with E-state index in [9.17, 15) is 32.3 Å². The van der Waals surface area contributed by atoms with E-state index in [1.54, 1.807) is 4.90 Å². The highest BCUT2D eigenvalue weighted by atomic mass is 19.4. The van der Waals surface area contributed by atoms with Crippen molar-refractivity contribution < 1.29 is 37.0 Å². The molecule has 2 N–H and O–H groups in total. The predicted molar refractivity (Wildman–Crippen MR) is 96.8 cm³/mol. The van der Waals surface area contributed by atoms with E-state index in [2.05, 4.69) is 10.1 Å². The summed E-state index contributed by atoms with van der Waals surface area (Å²) in [7, 11) is 0. The van der Waals surface area contributed by atoms with E-state index in [-0.39, 0.29) is 36.6 Å². The summed E-state index contributed by atoms with van der Waals surface area (Å²) < 4.78 is 54.5. The maximum absolute atomic E-state index is 14.1. The summed E-state index contributed by atoms with van der Waals surface area (Å²) in [4.78, 5) is 27.6. The number of β-amino-alcohol motifs (C(OH)–C–C–N with tert-alkyl or cyclic N) is 1. The standard InChI is InChI=1S/C19H23F4N3O4/c1-11(27)25-9-14(6-15(28)10-25)26(13-3-4-13)18(29)24-8-12-2-5-16(7-17(12)20)30-19(21,22)23/h2,5,7,13-15,28H,3-4,6,8-10H2,1H3,(H,24,29). The SMILES string of the molecule is CC(=O)N1CC(O)CC(N(C(=O)NCc2ccc(OC(F)(F)F)cc2F)C2CC2)C1. The van der Waals surface area contributed by atoms with Crippen molar-refractivity contribution in [2.75, 3.05) is 13.1 Å². The number of ether oxygens (including phenoxy) is 1. The highest BCUT2D eigenvalue weighted by Gasteiger charge is 2.41. The zero-order valence-corrected chi connectivity index (χ0v) is 16.3. The summed E-state index contributed by atoms with van der Waals surface area (Å²) in [5.41, 5.74) is 0.00247. The number of hydrogen-bond donors (Lipinski definition) is 2. The molecule has 2 atom stereocenters. The van der Waals surface area contributed by atoms with Gasteiger partial charge in [-0.2, -0.15) is 0 Å². The molecule has 1 heterocycles. The van der Waals surface area contributed by atoms with Gasteiger partial charge in [-0.05, 0) is 25.3 Å². The Hall–Kier alpha value is -2.56. The van der Waals surface area contributed by atoms with Crippen LogP contribution in [0.15, 0.2) is 18.2 Å². The molecular weight excluding hydrogens is 410 g/mol. The maximum Gasteiger partial charge on any atom is 0.573 e. The van der Waals surface area contributed by atoms with Crippen molar-refractivity contribution in [3.8, 4) is 5.75 Å². The summed E-state index contributed by atoms with van der Waals surface area (Å²) in [6.45, 7) is 1.68. The number of nitrogens with zero attached hydrogens (tertiary/aromatic N) is 2. The molecule has 166 valence electrons. The largest absolute Gasteiger partial charge is 0.573 e. The second kappa shape index (κ2) is 8.66. The summed E-state index contributed by atoms with van der Waals surface area (Å²) >= 11 is 0. The van der Waals surface area contributed by atoms with Crippen LogP contribution >= 0.6 is 0 Å². The van der Waals surface area contributed by atoms with Crippen LogP contribution in [-0.4, -0.2) is 64.5 Å². The van der Waals surface area contributed by atoms with E-state index in [1.807, 2.05) is 0 Å². The van der Waals surface area contributed by atoms with Crippen LogP contribution in [0.4, 0.5) is 22.4 Å². The summed E-state index contributed by atoms with van der Waals surface area (Å²) in [6, 6.07) is 1.81. The summed E-state index contributed by atoms with van der Waals surface area (Å²) in [5, 5.41) is 12.7. The molecule has 1 aliphatic carbocycles. The number of amides is 3. The van der Waals surface area contributed by atoms with Crippen molar-refractivity contribution in [3.63, 3.8) is 0 Å². The molecule has 3 rings (SSSR count). The minimum absolute atomic E-state index is 0.00247. The van der Waals surface area contributed by atoms with Gasteiger partial charge in [0.15, 0.2) is 0 Å². The molecule has 1 saturated heterocycles. The Bertz CT molecular complexity index is 800. The first-order valence-corrected chi connectivity index (χ1v) is 9.57. The molecule has 2 unspecified atom stereocenters. The molecule has 1 aromatic carbocycles. The monoisotopic (exact) mass is 433 g/mol. The number of carbonyl (C=O) groups is 2. The number of halogens is 4. The van der Waals surface area contributed by atoms with Crippen molar-refractivity contribution in [2.24, 2.45) is 0 Å². The first-order chi connectivity index (χ1) is 14.0. The van der Waals surface area contributed by atoms with Crippen molar-refractivity contribution in [2.45, 2.75) is 57.3 Å². The molecule has 0 radical (unpaired) electrons. The van der Waals surface area contributed by atoms with Crippen LogP contribution in [-0.2, 0) is 11.3 Å². The highest BCUT2D eigenvalue weighted by Crippen LogP contribution is 2.32. The molecule has 7 nitrogen and oxygen atoms in total. The molecule has 0 spiro atoms. The average Bonchev–Trinajstić information content (AvgIpc) is 3.44. The molecule has 2 aliphatic rings. The summed E-state index contributed by atoms with van der Waals surface area (Å²) in [5.74, 6) is -1.82. The number of alkyl halides is 3. The van der Waals surface area contributed by atoms with E-state index in [0.29, 0.717) is 19.0 Å². The van der Waals surface area contributed by atoms with Crippen LogP contribution in [0.25, 0.3) is 0 Å². The van der Waals surface area contributed by atoms with E-state index in [0.717, 1.165) is 25.0 Å². The van der Waals surface area contributed by atoms with E-state index >= 15 is 0 Å². The number of benzene rings is 1. The average molecular weight is 433 g/mol. The van der Waals surface area contributed by atoms with E-state index in [4.69, 9.17) is 0 Å². The van der Waals surface area contributed by atoms with Crippen molar-refractivity contribution in [1.82, 2.24) is 15.1 Å². The minimum atomic E-state index is -4.93. The van der Waals surface area contributed by atoms with Gasteiger partial charge in [-0.1, -0.05) is 6.07 Å². The predicted octanol–water partition coefficient (Wildman–Crippen LogP) is 2.38. The lowest BCUT2D eigenvalue weighted by Crippen LogP contribution is -2.57. The van der Waals surface area contributed by atoms with Crippen LogP contribution in [0.5, 0.6) is 5.75 Å². The molecule has 3 amide bonds. The normalized spacial score (nSPS) is 21.9. The van der Waals surface area contributed by atoms with Crippen LogP contribution in [0, 0.1) is 5.82 Å². The maximum atomic E-state index is 14.1. The van der Waals surface area contributed by atoms with Gasteiger partial charge in [-0.15, -0.1) is 13.2 Å². The fourth-order valence-corrected chi connectivity index (χ4v) is 3.62. The summed E-state index contributed by atoms with van der Waals surface area (Å²) in [6.07, 6.45) is -3.77. The van der Waals surface area contributed by atoms with Gasteiger partial charge in [-0.25, -0.2) is 9.18 Å². The third kappa shape index (κ3) is 5.74. The first-order valence-electron chi connectivity index (χ1n) is 9.57. The number of carbonyl (C=O) groups excluding carboxylic acids is 2. The number of piperidine rings is 1. The molecule has 1 aromatic rings. The minimum Gasteiger partial charge on any atom is -0.406 e. The lowest BCUT2D eigenvalue weighted by molar-refractivity contribution is -0.274. The van der Waals surface area contributed by atoms with Gasteiger partial charge in [0.05, 0.1) is 12.1 Å². The first kappa shape index (κ1) is 22.1. The lowest BCUT2D eigenvalue weighted by atomic mass is 10.0. The number of urea groups is 1. The van der Waals surface area contributed by atoms with Crippen LogP contribution in [0.2, 0.25) is 0 Å². The molecule has 11 heteroatoms. The van der Waals surface area contributed by atoms with Gasteiger partial charge in [0.25, 0.3) is 0 Å². The number of rotatable bonds is 5. The van der Waals surface area contributed by atoms with Crippen LogP contribution in [0.1, 0.15) is 31.7 Å². The number of nitrogens with one attached hydrogen (secondary N) is 1. The third-order valence-electron chi connectivity index (χ3n) is 5.11. The number of hydrogen-bond acceptors (Lipinski definition) is 4. The van der Waals surface area contributed by atoms with Crippen LogP contribution in [0.3, 0.4) is 0 Å². The van der Waals surface area contributed by atoms with E-state index < -0.39 is 30.1 Å². The van der Waals surface area contributed by atoms with Crippen molar-refractivity contribution in [1.29, 1.82) is 0 Å². The van der Waals surface area contributed by atoms with Crippen molar-refractivity contribution >= 4 is 11.9 Å². The second-order valence-corrected chi connectivity index (χ2v) is 7.57. The third-order valence-corrected chi connectivity index (χ3v) is 5.11. The Morgan fingerprint density at radius 3 is 2.53 bits per heavy atom. The zero-order chi connectivity index (χ0) is 22.1. The Morgan fingerprint density at radius 2 is 1.97 bits per heavy atom. The molecule has 2 fully saturated rings. The number of aliphatic hydroxyl groups is 1. The zero-order valence-electron chi connectivity index (χ0n) is 16.3. The smallest absolute Gasteiger partial charge is 0.406 e. The second-order valence-electron chi connectivity index (χ2n) is 7.57. The molecule has 0 bridgehead atoms. The van der Waals surface area contributed by atoms with Gasteiger partial charge in [0, 0.05) is 44.2 Å². The van der Waals surface area contributed by atoms with Crippen LogP contribution < -0.4 is 10.1 Å². The highest BCUT2D eigenvalue weighted by molar-refractivity contribution is 5.76. The number of aliphatic hydroxyl groups excluding tert-OH is 1. The Balaban J connectivity index is 1.64. The molecule has 1 aliphatic heterocycles. The quantitative estimate of drug-likeness (QED) is 0.699. The topological polar surface area (TPSA) is 82.1 Å². The Kier molecular flexibility index (Phi) is 6.39. The Morgan fingerprint density at radius 1 is 1.27 bits per heavy atom. The Labute approximate surface area is 170 Å². The number of likely N-dealkylation sites (tertiary alicyclic amines) is 1. The van der Waals surface area contributed by atoms with E-state index in [1.165, 1.54) is 11.8 Å². The fraction of sp³-hybridized carbons (Fsp3) is 0.579. The molecule has 30 heavy (non-hydrogen) atoms. The molecular formula is C19H23F4N3O4. The van der Waals surface area contributed by atoms with Gasteiger partial charge in [-0.3, -0.25) is 4.79 Å². The molecule has 1 saturated carbocycles. The van der Waals surface area contributed by atoms with Gasteiger partial charge in [0.1, 0.15) is 11.6 Å². The fourth-order valence-electron chi connectivity index (χ4n) is 3.62. The van der Waals surface area contributed by atoms with Gasteiger partial charge >= 0.3 is 12.4 Å². The van der Waals surface area contributed by atoms with Gasteiger partial charge in [0.2, 0.25) is 5.91 Å².